The van der Waals surface area contributed by atoms with Crippen molar-refractivity contribution in [3.63, 3.8) is 0 Å². The normalized spacial score (nSPS) is 9.08. The average Bonchev–Trinajstić information content (AvgIpc) is 2.03. The van der Waals surface area contributed by atoms with E-state index in [1.54, 1.807) is 18.2 Å². The van der Waals surface area contributed by atoms with E-state index in [2.05, 4.69) is 5.43 Å². The summed E-state index contributed by atoms with van der Waals surface area (Å²) in [5.41, 5.74) is 5.38. The van der Waals surface area contributed by atoms with Gasteiger partial charge in [0, 0.05) is 0 Å². The number of anilines is 2. The first kappa shape index (κ1) is 8.28. The van der Waals surface area contributed by atoms with Gasteiger partial charge in [-0.2, -0.15) is 0 Å². The van der Waals surface area contributed by atoms with Gasteiger partial charge in [-0.1, -0.05) is 6.07 Å². The molecule has 0 aliphatic carbocycles. The maximum absolute atomic E-state index is 10.0. The van der Waals surface area contributed by atoms with Gasteiger partial charge in [-0.15, -0.1) is 5.43 Å². The first-order valence-electron chi connectivity index (χ1n) is 3.20. The Labute approximate surface area is 68.5 Å². The van der Waals surface area contributed by atoms with Gasteiger partial charge in [-0.05, 0) is 18.2 Å². The maximum Gasteiger partial charge on any atom is 0.162 e. The van der Waals surface area contributed by atoms with E-state index in [4.69, 9.17) is 5.84 Å². The molecular formula is C6H8N4O2. The first-order chi connectivity index (χ1) is 5.72. The molecule has 6 nitrogen and oxygen atoms in total. The third-order valence-electron chi connectivity index (χ3n) is 1.25. The van der Waals surface area contributed by atoms with E-state index in [0.717, 1.165) is 0 Å². The molecule has 0 radical (unpaired) electrons. The summed E-state index contributed by atoms with van der Waals surface area (Å²) >= 11 is 0. The molecule has 1 aromatic rings. The summed E-state index contributed by atoms with van der Waals surface area (Å²) in [6.07, 6.45) is 0. The second-order valence-corrected chi connectivity index (χ2v) is 2.09. The molecule has 0 spiro atoms. The van der Waals surface area contributed by atoms with Crippen LogP contribution < -0.4 is 16.7 Å². The summed E-state index contributed by atoms with van der Waals surface area (Å²) in [5.74, 6) is 5.10. The SMILES string of the molecule is NNc1cccc(N[N+](=O)[O-])c1. The molecule has 0 fully saturated rings. The summed E-state index contributed by atoms with van der Waals surface area (Å²) < 4.78 is 0. The van der Waals surface area contributed by atoms with Crippen molar-refractivity contribution in [3.05, 3.63) is 34.4 Å². The van der Waals surface area contributed by atoms with Crippen molar-refractivity contribution >= 4 is 11.4 Å². The summed E-state index contributed by atoms with van der Waals surface area (Å²) in [5, 5.41) is 9.38. The fourth-order valence-corrected chi connectivity index (χ4v) is 0.784. The summed E-state index contributed by atoms with van der Waals surface area (Å²) in [4.78, 5) is 10.0. The van der Waals surface area contributed by atoms with Crippen LogP contribution in [0.15, 0.2) is 24.3 Å². The fraction of sp³-hybridized carbons (Fsp3) is 0. The van der Waals surface area contributed by atoms with Gasteiger partial charge in [-0.25, -0.2) is 10.1 Å². The predicted octanol–water partition coefficient (Wildman–Crippen LogP) is 0.576. The van der Waals surface area contributed by atoms with E-state index in [0.29, 0.717) is 11.4 Å². The van der Waals surface area contributed by atoms with Gasteiger partial charge in [-0.3, -0.25) is 5.84 Å². The highest BCUT2D eigenvalue weighted by Gasteiger charge is 1.98. The van der Waals surface area contributed by atoms with Gasteiger partial charge in [0.25, 0.3) is 0 Å². The highest BCUT2D eigenvalue weighted by atomic mass is 16.7. The van der Waals surface area contributed by atoms with E-state index in [-0.39, 0.29) is 0 Å². The largest absolute Gasteiger partial charge is 0.324 e. The number of benzene rings is 1. The highest BCUT2D eigenvalue weighted by Crippen LogP contribution is 2.13. The molecule has 0 aromatic heterocycles. The van der Waals surface area contributed by atoms with Gasteiger partial charge in [0.05, 0.1) is 5.69 Å². The second kappa shape index (κ2) is 3.54. The molecule has 0 bridgehead atoms. The number of hydrogen-bond acceptors (Lipinski definition) is 4. The molecule has 0 heterocycles. The molecule has 12 heavy (non-hydrogen) atoms. The third kappa shape index (κ3) is 2.10. The van der Waals surface area contributed by atoms with Gasteiger partial charge in [0.15, 0.2) is 5.03 Å². The Morgan fingerprint density at radius 3 is 2.67 bits per heavy atom. The summed E-state index contributed by atoms with van der Waals surface area (Å²) in [6.45, 7) is 0. The molecule has 0 aliphatic heterocycles. The molecule has 1 rings (SSSR count). The Balaban J connectivity index is 2.79. The molecule has 1 aromatic carbocycles. The number of nitrogens with zero attached hydrogens (tertiary/aromatic N) is 1. The van der Waals surface area contributed by atoms with Crippen LogP contribution in [0.2, 0.25) is 0 Å². The van der Waals surface area contributed by atoms with E-state index < -0.39 is 5.03 Å². The van der Waals surface area contributed by atoms with E-state index >= 15 is 0 Å². The van der Waals surface area contributed by atoms with Crippen LogP contribution in [-0.4, -0.2) is 5.03 Å². The van der Waals surface area contributed by atoms with E-state index in [1.165, 1.54) is 6.07 Å². The smallest absolute Gasteiger partial charge is 0.162 e. The maximum atomic E-state index is 10.0. The summed E-state index contributed by atoms with van der Waals surface area (Å²) in [6, 6.07) is 6.46. The Bertz CT molecular complexity index is 289. The van der Waals surface area contributed by atoms with Crippen molar-refractivity contribution in [3.8, 4) is 0 Å². The lowest BCUT2D eigenvalue weighted by molar-refractivity contribution is -0.445. The summed E-state index contributed by atoms with van der Waals surface area (Å²) in [7, 11) is 0. The van der Waals surface area contributed by atoms with Crippen LogP contribution in [0.3, 0.4) is 0 Å². The Morgan fingerprint density at radius 1 is 1.42 bits per heavy atom. The van der Waals surface area contributed by atoms with Crippen molar-refractivity contribution in [1.82, 2.24) is 0 Å². The number of hydrogen-bond donors (Lipinski definition) is 3. The van der Waals surface area contributed by atoms with E-state index in [9.17, 15) is 10.1 Å². The monoisotopic (exact) mass is 168 g/mol. The molecule has 0 atom stereocenters. The van der Waals surface area contributed by atoms with Crippen molar-refractivity contribution in [2.24, 2.45) is 5.84 Å². The molecule has 0 saturated carbocycles. The minimum atomic E-state index is -0.629. The Morgan fingerprint density at radius 2 is 2.08 bits per heavy atom. The van der Waals surface area contributed by atoms with Crippen molar-refractivity contribution in [1.29, 1.82) is 0 Å². The van der Waals surface area contributed by atoms with Crippen LogP contribution >= 0.6 is 0 Å². The van der Waals surface area contributed by atoms with Gasteiger partial charge < -0.3 is 5.43 Å². The molecule has 0 amide bonds. The zero-order valence-electron chi connectivity index (χ0n) is 6.15. The number of hydrazine groups is 2. The molecule has 0 saturated heterocycles. The van der Waals surface area contributed by atoms with Crippen LogP contribution in [0.1, 0.15) is 0 Å². The zero-order valence-corrected chi connectivity index (χ0v) is 6.15. The predicted molar refractivity (Wildman–Crippen MR) is 44.9 cm³/mol. The lowest BCUT2D eigenvalue weighted by atomic mass is 10.3. The van der Waals surface area contributed by atoms with Gasteiger partial charge in [0.2, 0.25) is 0 Å². The minimum absolute atomic E-state index is 0.385. The number of nitro groups is 1. The van der Waals surface area contributed by atoms with Crippen molar-refractivity contribution in [2.45, 2.75) is 0 Å². The standard InChI is InChI=1S/C6H8N4O2/c7-8-5-2-1-3-6(4-5)9-10(11)12/h1-4,8-9H,7H2. The van der Waals surface area contributed by atoms with Crippen molar-refractivity contribution < 1.29 is 5.03 Å². The molecule has 64 valence electrons. The quantitative estimate of drug-likeness (QED) is 0.348. The Kier molecular flexibility index (Phi) is 2.44. The van der Waals surface area contributed by atoms with Crippen LogP contribution in [0.5, 0.6) is 0 Å². The topological polar surface area (TPSA) is 93.2 Å². The molecule has 4 N–H and O–H groups in total. The number of nitrogen functional groups attached to an aromatic ring is 1. The third-order valence-corrected chi connectivity index (χ3v) is 1.25. The van der Waals surface area contributed by atoms with E-state index in [1.807, 2.05) is 5.43 Å². The lowest BCUT2D eigenvalue weighted by Crippen LogP contribution is -2.10. The number of nitrogens with one attached hydrogen (secondary N) is 2. The van der Waals surface area contributed by atoms with Crippen LogP contribution in [0, 0.1) is 10.1 Å². The number of rotatable bonds is 3. The average molecular weight is 168 g/mol. The second-order valence-electron chi connectivity index (χ2n) is 2.09. The van der Waals surface area contributed by atoms with Crippen LogP contribution in [0.25, 0.3) is 0 Å². The first-order valence-corrected chi connectivity index (χ1v) is 3.20. The number of nitrogens with two attached hydrogens (primary N) is 1. The fourth-order valence-electron chi connectivity index (χ4n) is 0.784. The van der Waals surface area contributed by atoms with Crippen LogP contribution in [-0.2, 0) is 0 Å². The van der Waals surface area contributed by atoms with Gasteiger partial charge in [0.1, 0.15) is 5.69 Å². The van der Waals surface area contributed by atoms with Gasteiger partial charge >= 0.3 is 0 Å². The zero-order chi connectivity index (χ0) is 8.97. The Hall–Kier alpha value is -1.82. The lowest BCUT2D eigenvalue weighted by Gasteiger charge is -2.00. The van der Waals surface area contributed by atoms with Crippen molar-refractivity contribution in [2.75, 3.05) is 10.9 Å². The molecule has 0 aliphatic rings. The van der Waals surface area contributed by atoms with Crippen LogP contribution in [0.4, 0.5) is 11.4 Å². The minimum Gasteiger partial charge on any atom is -0.324 e. The molecule has 0 unspecified atom stereocenters. The molecule has 6 heteroatoms. The highest BCUT2D eigenvalue weighted by molar-refractivity contribution is 5.54. The molecular weight excluding hydrogens is 160 g/mol.